The molecule has 1 saturated heterocycles. The van der Waals surface area contributed by atoms with Gasteiger partial charge in [0.1, 0.15) is 0 Å². The van der Waals surface area contributed by atoms with Gasteiger partial charge < -0.3 is 10.2 Å². The quantitative estimate of drug-likeness (QED) is 0.866. The summed E-state index contributed by atoms with van der Waals surface area (Å²) in [7, 11) is 0. The lowest BCUT2D eigenvalue weighted by Gasteiger charge is -2.36. The third kappa shape index (κ3) is 4.53. The first-order valence-corrected chi connectivity index (χ1v) is 7.92. The molecule has 2 rings (SSSR count). The molecule has 1 aliphatic rings. The second-order valence-corrected chi connectivity index (χ2v) is 6.02. The van der Waals surface area contributed by atoms with Gasteiger partial charge in [0.05, 0.1) is 11.4 Å². The standard InChI is InChI=1S/C16H28N4/c1-4-7-20-8-5-6-15(12-20)14(3)18-11-16-10-17-13(2)9-19-16/h9-10,14-15,18H,4-8,11-12H2,1-3H3. The maximum Gasteiger partial charge on any atom is 0.0724 e. The number of rotatable bonds is 6. The summed E-state index contributed by atoms with van der Waals surface area (Å²) in [6.45, 7) is 11.1. The van der Waals surface area contributed by atoms with E-state index in [2.05, 4.69) is 34.0 Å². The predicted octanol–water partition coefficient (Wildman–Crippen LogP) is 2.39. The first-order chi connectivity index (χ1) is 9.69. The normalized spacial score (nSPS) is 21.9. The molecule has 1 aliphatic heterocycles. The highest BCUT2D eigenvalue weighted by atomic mass is 15.1. The molecule has 2 heterocycles. The van der Waals surface area contributed by atoms with Gasteiger partial charge in [0.15, 0.2) is 0 Å². The van der Waals surface area contributed by atoms with E-state index in [1.807, 2.05) is 19.3 Å². The third-order valence-electron chi connectivity index (χ3n) is 4.23. The largest absolute Gasteiger partial charge is 0.308 e. The van der Waals surface area contributed by atoms with Crippen molar-refractivity contribution in [1.82, 2.24) is 20.2 Å². The van der Waals surface area contributed by atoms with Crippen LogP contribution in [0.5, 0.6) is 0 Å². The van der Waals surface area contributed by atoms with Crippen LogP contribution >= 0.6 is 0 Å². The maximum absolute atomic E-state index is 4.40. The Hall–Kier alpha value is -1.00. The topological polar surface area (TPSA) is 41.0 Å². The van der Waals surface area contributed by atoms with Gasteiger partial charge in [-0.2, -0.15) is 0 Å². The summed E-state index contributed by atoms with van der Waals surface area (Å²) in [4.78, 5) is 11.3. The number of aryl methyl sites for hydroxylation is 1. The van der Waals surface area contributed by atoms with Gasteiger partial charge in [0.25, 0.3) is 0 Å². The minimum Gasteiger partial charge on any atom is -0.308 e. The van der Waals surface area contributed by atoms with Crippen molar-refractivity contribution in [2.24, 2.45) is 5.92 Å². The minimum atomic E-state index is 0.540. The molecule has 0 spiro atoms. The molecule has 0 radical (unpaired) electrons. The Morgan fingerprint density at radius 3 is 2.95 bits per heavy atom. The van der Waals surface area contributed by atoms with E-state index in [-0.39, 0.29) is 0 Å². The molecular weight excluding hydrogens is 248 g/mol. The molecule has 1 aromatic rings. The van der Waals surface area contributed by atoms with Crippen molar-refractivity contribution in [3.05, 3.63) is 23.8 Å². The first kappa shape index (κ1) is 15.4. The Morgan fingerprint density at radius 2 is 2.25 bits per heavy atom. The molecular formula is C16H28N4. The fraction of sp³-hybridized carbons (Fsp3) is 0.750. The zero-order valence-electron chi connectivity index (χ0n) is 13.1. The molecule has 0 bridgehead atoms. The zero-order valence-corrected chi connectivity index (χ0v) is 13.1. The molecule has 0 aliphatic carbocycles. The van der Waals surface area contributed by atoms with Gasteiger partial charge in [0.2, 0.25) is 0 Å². The van der Waals surface area contributed by atoms with Gasteiger partial charge in [-0.15, -0.1) is 0 Å². The average molecular weight is 276 g/mol. The van der Waals surface area contributed by atoms with Crippen LogP contribution in [0.1, 0.15) is 44.5 Å². The van der Waals surface area contributed by atoms with Crippen molar-refractivity contribution in [1.29, 1.82) is 0 Å². The van der Waals surface area contributed by atoms with Gasteiger partial charge >= 0.3 is 0 Å². The van der Waals surface area contributed by atoms with Gasteiger partial charge in [-0.25, -0.2) is 0 Å². The van der Waals surface area contributed by atoms with E-state index in [9.17, 15) is 0 Å². The highest BCUT2D eigenvalue weighted by Gasteiger charge is 2.23. The Kier molecular flexibility index (Phi) is 5.92. The van der Waals surface area contributed by atoms with E-state index < -0.39 is 0 Å². The van der Waals surface area contributed by atoms with E-state index in [0.717, 1.165) is 23.9 Å². The minimum absolute atomic E-state index is 0.540. The molecule has 112 valence electrons. The highest BCUT2D eigenvalue weighted by molar-refractivity contribution is 5.00. The molecule has 1 aromatic heterocycles. The number of piperidine rings is 1. The van der Waals surface area contributed by atoms with Gasteiger partial charge in [0, 0.05) is 31.5 Å². The number of aromatic nitrogens is 2. The van der Waals surface area contributed by atoms with Crippen molar-refractivity contribution in [3.63, 3.8) is 0 Å². The van der Waals surface area contributed by atoms with Crippen molar-refractivity contribution in [2.45, 2.75) is 52.6 Å². The number of hydrogen-bond acceptors (Lipinski definition) is 4. The highest BCUT2D eigenvalue weighted by Crippen LogP contribution is 2.20. The summed E-state index contributed by atoms with van der Waals surface area (Å²) in [5.74, 6) is 0.758. The van der Waals surface area contributed by atoms with Crippen molar-refractivity contribution < 1.29 is 0 Å². The fourth-order valence-corrected chi connectivity index (χ4v) is 2.96. The SMILES string of the molecule is CCCN1CCCC(C(C)NCc2cnc(C)cn2)C1. The monoisotopic (exact) mass is 276 g/mol. The first-order valence-electron chi connectivity index (χ1n) is 7.92. The number of likely N-dealkylation sites (tertiary alicyclic amines) is 1. The Morgan fingerprint density at radius 1 is 1.40 bits per heavy atom. The summed E-state index contributed by atoms with van der Waals surface area (Å²) in [6.07, 6.45) is 7.65. The molecule has 4 heteroatoms. The molecule has 1 fully saturated rings. The van der Waals surface area contributed by atoms with Gasteiger partial charge in [-0.3, -0.25) is 9.97 Å². The van der Waals surface area contributed by atoms with Crippen LogP contribution in [0, 0.1) is 12.8 Å². The lowest BCUT2D eigenvalue weighted by Crippen LogP contribution is -2.44. The molecule has 4 nitrogen and oxygen atoms in total. The van der Waals surface area contributed by atoms with Crippen molar-refractivity contribution in [3.8, 4) is 0 Å². The van der Waals surface area contributed by atoms with Crippen LogP contribution in [0.15, 0.2) is 12.4 Å². The van der Waals surface area contributed by atoms with E-state index in [4.69, 9.17) is 0 Å². The smallest absolute Gasteiger partial charge is 0.0724 e. The number of nitrogens with one attached hydrogen (secondary N) is 1. The Labute approximate surface area is 123 Å². The average Bonchev–Trinajstić information content (AvgIpc) is 2.47. The van der Waals surface area contributed by atoms with E-state index in [1.54, 1.807) is 0 Å². The summed E-state index contributed by atoms with van der Waals surface area (Å²) < 4.78 is 0. The Balaban J connectivity index is 1.79. The summed E-state index contributed by atoms with van der Waals surface area (Å²) >= 11 is 0. The van der Waals surface area contributed by atoms with Crippen LogP contribution in [-0.2, 0) is 6.54 Å². The van der Waals surface area contributed by atoms with Crippen LogP contribution in [0.25, 0.3) is 0 Å². The molecule has 1 N–H and O–H groups in total. The second-order valence-electron chi connectivity index (χ2n) is 6.02. The maximum atomic E-state index is 4.40. The number of hydrogen-bond donors (Lipinski definition) is 1. The number of nitrogens with zero attached hydrogens (tertiary/aromatic N) is 3. The van der Waals surface area contributed by atoms with Crippen LogP contribution in [0.3, 0.4) is 0 Å². The molecule has 0 saturated carbocycles. The molecule has 0 amide bonds. The fourth-order valence-electron chi connectivity index (χ4n) is 2.96. The van der Waals surface area contributed by atoms with Crippen molar-refractivity contribution >= 4 is 0 Å². The van der Waals surface area contributed by atoms with Gasteiger partial charge in [-0.05, 0) is 52.1 Å². The lowest BCUT2D eigenvalue weighted by atomic mass is 9.91. The third-order valence-corrected chi connectivity index (χ3v) is 4.23. The summed E-state index contributed by atoms with van der Waals surface area (Å²) in [5.41, 5.74) is 2.01. The van der Waals surface area contributed by atoms with Crippen LogP contribution in [0.2, 0.25) is 0 Å². The zero-order chi connectivity index (χ0) is 14.4. The van der Waals surface area contributed by atoms with E-state index in [1.165, 1.54) is 38.9 Å². The predicted molar refractivity (Wildman–Crippen MR) is 82.5 cm³/mol. The Bertz CT molecular complexity index is 388. The van der Waals surface area contributed by atoms with Crippen LogP contribution in [-0.4, -0.2) is 40.5 Å². The lowest BCUT2D eigenvalue weighted by molar-refractivity contribution is 0.150. The second kappa shape index (κ2) is 7.70. The van der Waals surface area contributed by atoms with Gasteiger partial charge in [-0.1, -0.05) is 6.92 Å². The molecule has 0 aromatic carbocycles. The molecule has 20 heavy (non-hydrogen) atoms. The van der Waals surface area contributed by atoms with Crippen molar-refractivity contribution in [2.75, 3.05) is 19.6 Å². The van der Waals surface area contributed by atoms with E-state index in [0.29, 0.717) is 6.04 Å². The molecule has 2 atom stereocenters. The van der Waals surface area contributed by atoms with E-state index >= 15 is 0 Å². The summed E-state index contributed by atoms with van der Waals surface area (Å²) in [6, 6.07) is 0.540. The summed E-state index contributed by atoms with van der Waals surface area (Å²) in [5, 5.41) is 3.62. The van der Waals surface area contributed by atoms with Crippen LogP contribution in [0.4, 0.5) is 0 Å². The molecule has 2 unspecified atom stereocenters. The van der Waals surface area contributed by atoms with Crippen LogP contribution < -0.4 is 5.32 Å².